The summed E-state index contributed by atoms with van der Waals surface area (Å²) in [5.41, 5.74) is 5.60. The lowest BCUT2D eigenvalue weighted by Crippen LogP contribution is -2.48. The first-order valence-electron chi connectivity index (χ1n) is 6.76. The molecule has 0 bridgehead atoms. The maximum absolute atomic E-state index is 5.60. The van der Waals surface area contributed by atoms with Crippen molar-refractivity contribution in [2.75, 3.05) is 44.2 Å². The Kier molecular flexibility index (Phi) is 3.57. The fourth-order valence-electron chi connectivity index (χ4n) is 2.61. The van der Waals surface area contributed by atoms with Crippen molar-refractivity contribution in [3.63, 3.8) is 0 Å². The third-order valence-corrected chi connectivity index (χ3v) is 3.67. The highest BCUT2D eigenvalue weighted by molar-refractivity contribution is 5.91. The number of rotatable bonds is 3. The number of aromatic nitrogens is 2. The van der Waals surface area contributed by atoms with Gasteiger partial charge in [-0.3, -0.25) is 4.90 Å². The van der Waals surface area contributed by atoms with Gasteiger partial charge in [0.25, 0.3) is 0 Å². The van der Waals surface area contributed by atoms with Crippen LogP contribution in [0.5, 0.6) is 0 Å². The van der Waals surface area contributed by atoms with E-state index in [0.717, 1.165) is 50.5 Å². The molecule has 0 atom stereocenters. The van der Waals surface area contributed by atoms with Crippen LogP contribution in [-0.2, 0) is 0 Å². The lowest BCUT2D eigenvalue weighted by molar-refractivity contribution is 0.264. The number of hydrogen-bond acceptors (Lipinski definition) is 5. The molecule has 0 aliphatic carbocycles. The number of piperazine rings is 1. The van der Waals surface area contributed by atoms with Crippen molar-refractivity contribution >= 4 is 16.6 Å². The molecular weight excluding hydrogens is 238 g/mol. The van der Waals surface area contributed by atoms with E-state index in [9.17, 15) is 0 Å². The van der Waals surface area contributed by atoms with Crippen LogP contribution in [0, 0.1) is 0 Å². The van der Waals surface area contributed by atoms with E-state index in [1.54, 1.807) is 0 Å². The summed E-state index contributed by atoms with van der Waals surface area (Å²) >= 11 is 0. The minimum Gasteiger partial charge on any atom is -0.352 e. The normalized spacial score (nSPS) is 17.0. The Labute approximate surface area is 113 Å². The highest BCUT2D eigenvalue weighted by Gasteiger charge is 2.19. The molecule has 5 nitrogen and oxygen atoms in total. The second kappa shape index (κ2) is 5.50. The van der Waals surface area contributed by atoms with Gasteiger partial charge in [-0.25, -0.2) is 0 Å². The Hall–Kier alpha value is -1.72. The topological polar surface area (TPSA) is 58.3 Å². The molecule has 3 rings (SSSR count). The molecule has 1 aromatic heterocycles. The summed E-state index contributed by atoms with van der Waals surface area (Å²) in [6.07, 6.45) is 1.82. The Morgan fingerprint density at radius 1 is 1.11 bits per heavy atom. The first-order chi connectivity index (χ1) is 9.38. The van der Waals surface area contributed by atoms with Gasteiger partial charge in [0.05, 0.1) is 6.20 Å². The van der Waals surface area contributed by atoms with Crippen LogP contribution in [0.4, 0.5) is 5.82 Å². The van der Waals surface area contributed by atoms with Crippen LogP contribution in [-0.4, -0.2) is 54.4 Å². The Balaban J connectivity index is 1.82. The highest BCUT2D eigenvalue weighted by Crippen LogP contribution is 2.23. The summed E-state index contributed by atoms with van der Waals surface area (Å²) in [6.45, 7) is 5.78. The summed E-state index contributed by atoms with van der Waals surface area (Å²) in [6, 6.07) is 8.29. The van der Waals surface area contributed by atoms with Gasteiger partial charge >= 0.3 is 0 Å². The number of benzene rings is 1. The van der Waals surface area contributed by atoms with E-state index in [2.05, 4.69) is 38.2 Å². The molecule has 100 valence electrons. The minimum atomic E-state index is 0.730. The summed E-state index contributed by atoms with van der Waals surface area (Å²) in [5.74, 6) is 1.01. The first-order valence-corrected chi connectivity index (χ1v) is 6.76. The van der Waals surface area contributed by atoms with Gasteiger partial charge in [0.2, 0.25) is 0 Å². The molecule has 0 saturated carbocycles. The average molecular weight is 257 g/mol. The summed E-state index contributed by atoms with van der Waals surface area (Å²) in [5, 5.41) is 10.8. The zero-order valence-corrected chi connectivity index (χ0v) is 11.0. The molecule has 1 aliphatic rings. The van der Waals surface area contributed by atoms with Crippen molar-refractivity contribution in [1.29, 1.82) is 0 Å². The lowest BCUT2D eigenvalue weighted by atomic mass is 10.1. The molecule has 19 heavy (non-hydrogen) atoms. The summed E-state index contributed by atoms with van der Waals surface area (Å²) in [7, 11) is 0. The molecule has 2 N–H and O–H groups in total. The summed E-state index contributed by atoms with van der Waals surface area (Å²) in [4.78, 5) is 4.72. The average Bonchev–Trinajstić information content (AvgIpc) is 2.48. The third kappa shape index (κ3) is 2.52. The maximum Gasteiger partial charge on any atom is 0.159 e. The van der Waals surface area contributed by atoms with Gasteiger partial charge in [0.15, 0.2) is 5.82 Å². The molecule has 2 heterocycles. The Bertz CT molecular complexity index is 543. The van der Waals surface area contributed by atoms with Crippen LogP contribution in [0.15, 0.2) is 30.5 Å². The van der Waals surface area contributed by atoms with Crippen LogP contribution in [0.2, 0.25) is 0 Å². The van der Waals surface area contributed by atoms with Crippen LogP contribution in [0.3, 0.4) is 0 Å². The van der Waals surface area contributed by atoms with Crippen molar-refractivity contribution in [3.05, 3.63) is 30.5 Å². The van der Waals surface area contributed by atoms with Crippen LogP contribution >= 0.6 is 0 Å². The first kappa shape index (κ1) is 12.3. The quantitative estimate of drug-likeness (QED) is 0.877. The van der Waals surface area contributed by atoms with Gasteiger partial charge < -0.3 is 10.6 Å². The van der Waals surface area contributed by atoms with Gasteiger partial charge in [-0.15, -0.1) is 5.10 Å². The van der Waals surface area contributed by atoms with E-state index >= 15 is 0 Å². The molecular formula is C14H19N5. The van der Waals surface area contributed by atoms with Crippen molar-refractivity contribution in [2.24, 2.45) is 5.73 Å². The van der Waals surface area contributed by atoms with E-state index in [1.807, 2.05) is 12.3 Å². The maximum atomic E-state index is 5.60. The van der Waals surface area contributed by atoms with Crippen molar-refractivity contribution < 1.29 is 0 Å². The lowest BCUT2D eigenvalue weighted by Gasteiger charge is -2.35. The van der Waals surface area contributed by atoms with Crippen molar-refractivity contribution in [3.8, 4) is 0 Å². The second-order valence-corrected chi connectivity index (χ2v) is 4.87. The predicted molar refractivity (Wildman–Crippen MR) is 77.2 cm³/mol. The zero-order chi connectivity index (χ0) is 13.1. The second-order valence-electron chi connectivity index (χ2n) is 4.87. The van der Waals surface area contributed by atoms with E-state index in [1.165, 1.54) is 5.39 Å². The van der Waals surface area contributed by atoms with E-state index in [0.29, 0.717) is 0 Å². The van der Waals surface area contributed by atoms with Gasteiger partial charge in [-0.1, -0.05) is 24.3 Å². The van der Waals surface area contributed by atoms with E-state index in [-0.39, 0.29) is 0 Å². The smallest absolute Gasteiger partial charge is 0.159 e. The minimum absolute atomic E-state index is 0.730. The van der Waals surface area contributed by atoms with Crippen LogP contribution in [0.1, 0.15) is 0 Å². The predicted octanol–water partition coefficient (Wildman–Crippen LogP) is 0.710. The molecule has 5 heteroatoms. The SMILES string of the molecule is NCCN1CCN(c2nncc3ccccc23)CC1. The number of nitrogens with zero attached hydrogens (tertiary/aromatic N) is 4. The Morgan fingerprint density at radius 3 is 2.68 bits per heavy atom. The monoisotopic (exact) mass is 257 g/mol. The van der Waals surface area contributed by atoms with Gasteiger partial charge in [-0.2, -0.15) is 5.10 Å². The molecule has 1 aliphatic heterocycles. The number of hydrogen-bond donors (Lipinski definition) is 1. The number of fused-ring (bicyclic) bond motifs is 1. The highest BCUT2D eigenvalue weighted by atomic mass is 15.3. The van der Waals surface area contributed by atoms with E-state index in [4.69, 9.17) is 5.73 Å². The van der Waals surface area contributed by atoms with E-state index < -0.39 is 0 Å². The molecule has 1 fully saturated rings. The molecule has 0 unspecified atom stereocenters. The fraction of sp³-hybridized carbons (Fsp3) is 0.429. The molecule has 0 amide bonds. The molecule has 2 aromatic rings. The zero-order valence-electron chi connectivity index (χ0n) is 11.0. The van der Waals surface area contributed by atoms with Crippen molar-refractivity contribution in [2.45, 2.75) is 0 Å². The summed E-state index contributed by atoms with van der Waals surface area (Å²) < 4.78 is 0. The molecule has 1 aromatic carbocycles. The van der Waals surface area contributed by atoms with Gasteiger partial charge in [0, 0.05) is 50.0 Å². The van der Waals surface area contributed by atoms with Gasteiger partial charge in [0.1, 0.15) is 0 Å². The van der Waals surface area contributed by atoms with Crippen molar-refractivity contribution in [1.82, 2.24) is 15.1 Å². The van der Waals surface area contributed by atoms with Gasteiger partial charge in [-0.05, 0) is 0 Å². The standard InChI is InChI=1S/C14H19N5/c15-5-6-18-7-9-19(10-8-18)14-13-4-2-1-3-12(13)11-16-17-14/h1-4,11H,5-10,15H2. The molecule has 0 radical (unpaired) electrons. The Morgan fingerprint density at radius 2 is 1.89 bits per heavy atom. The third-order valence-electron chi connectivity index (χ3n) is 3.67. The molecule has 1 saturated heterocycles. The van der Waals surface area contributed by atoms with Crippen LogP contribution < -0.4 is 10.6 Å². The molecule has 0 spiro atoms. The number of anilines is 1. The number of nitrogens with two attached hydrogens (primary N) is 1. The largest absolute Gasteiger partial charge is 0.352 e. The fourth-order valence-corrected chi connectivity index (χ4v) is 2.61. The van der Waals surface area contributed by atoms with Crippen LogP contribution in [0.25, 0.3) is 10.8 Å².